The Labute approximate surface area is 122 Å². The average molecular weight is 274 g/mol. The molecule has 1 saturated heterocycles. The topological polar surface area (TPSA) is 38.5 Å². The minimum Gasteiger partial charge on any atom is -0.375 e. The molecule has 1 aromatic rings. The lowest BCUT2D eigenvalue weighted by atomic mass is 9.97. The molecule has 3 heteroatoms. The van der Waals surface area contributed by atoms with Gasteiger partial charge in [-0.2, -0.15) is 0 Å². The smallest absolute Gasteiger partial charge is 0.0731 e. The van der Waals surface area contributed by atoms with Crippen LogP contribution in [0.4, 0.5) is 0 Å². The summed E-state index contributed by atoms with van der Waals surface area (Å²) in [7, 11) is 0. The van der Waals surface area contributed by atoms with E-state index in [9.17, 15) is 0 Å². The van der Waals surface area contributed by atoms with E-state index in [1.165, 1.54) is 36.0 Å². The van der Waals surface area contributed by atoms with Crippen LogP contribution in [-0.2, 0) is 4.74 Å². The maximum atomic E-state index is 6.12. The summed E-state index contributed by atoms with van der Waals surface area (Å²) >= 11 is 0. The highest BCUT2D eigenvalue weighted by Gasteiger charge is 2.39. The van der Waals surface area contributed by atoms with E-state index in [2.05, 4.69) is 36.9 Å². The van der Waals surface area contributed by atoms with Gasteiger partial charge in [0.15, 0.2) is 0 Å². The van der Waals surface area contributed by atoms with Crippen LogP contribution in [0, 0.1) is 13.8 Å². The number of aryl methyl sites for hydroxylation is 2. The van der Waals surface area contributed by atoms with Crippen molar-refractivity contribution >= 4 is 0 Å². The Morgan fingerprint density at radius 1 is 1.30 bits per heavy atom. The molecule has 0 bridgehead atoms. The monoisotopic (exact) mass is 274 g/mol. The third kappa shape index (κ3) is 2.50. The zero-order chi connectivity index (χ0) is 14.1. The molecular weight excluding hydrogens is 248 g/mol. The molecule has 1 aliphatic carbocycles. The van der Waals surface area contributed by atoms with Gasteiger partial charge < -0.3 is 10.5 Å². The van der Waals surface area contributed by atoms with Crippen LogP contribution in [-0.4, -0.2) is 36.7 Å². The lowest BCUT2D eigenvalue weighted by Gasteiger charge is -2.42. The molecule has 1 aliphatic heterocycles. The molecule has 3 nitrogen and oxygen atoms in total. The molecular formula is C17H26N2O. The predicted molar refractivity (Wildman–Crippen MR) is 81.8 cm³/mol. The summed E-state index contributed by atoms with van der Waals surface area (Å²) in [6, 6.07) is 7.69. The Kier molecular flexibility index (Phi) is 4.11. The minimum absolute atomic E-state index is 0.337. The first-order valence-electron chi connectivity index (χ1n) is 7.85. The van der Waals surface area contributed by atoms with Gasteiger partial charge in [-0.15, -0.1) is 0 Å². The van der Waals surface area contributed by atoms with Crippen LogP contribution in [0.3, 0.4) is 0 Å². The Bertz CT molecular complexity index is 474. The zero-order valence-electron chi connectivity index (χ0n) is 12.6. The molecule has 2 aliphatic rings. The van der Waals surface area contributed by atoms with Crippen LogP contribution in [0.2, 0.25) is 0 Å². The quantitative estimate of drug-likeness (QED) is 0.920. The summed E-state index contributed by atoms with van der Waals surface area (Å²) in [6.45, 7) is 6.90. The molecule has 2 N–H and O–H groups in total. The highest BCUT2D eigenvalue weighted by Crippen LogP contribution is 2.35. The third-order valence-electron chi connectivity index (χ3n) is 5.06. The van der Waals surface area contributed by atoms with Crippen LogP contribution >= 0.6 is 0 Å². The molecule has 1 aromatic carbocycles. The van der Waals surface area contributed by atoms with Gasteiger partial charge in [0.25, 0.3) is 0 Å². The number of nitrogens with zero attached hydrogens (tertiary/aromatic N) is 1. The van der Waals surface area contributed by atoms with E-state index in [1.807, 2.05) is 0 Å². The Hall–Kier alpha value is -0.900. The van der Waals surface area contributed by atoms with Gasteiger partial charge in [0.05, 0.1) is 12.7 Å². The summed E-state index contributed by atoms with van der Waals surface area (Å²) in [5.41, 5.74) is 10.2. The minimum atomic E-state index is 0.337. The molecule has 0 amide bonds. The molecule has 0 radical (unpaired) electrons. The first-order chi connectivity index (χ1) is 9.70. The second-order valence-corrected chi connectivity index (χ2v) is 6.24. The summed E-state index contributed by atoms with van der Waals surface area (Å²) in [5, 5.41) is 0. The van der Waals surface area contributed by atoms with Gasteiger partial charge in [0.2, 0.25) is 0 Å². The van der Waals surface area contributed by atoms with Gasteiger partial charge in [0.1, 0.15) is 0 Å². The molecule has 1 saturated carbocycles. The van der Waals surface area contributed by atoms with Crippen LogP contribution in [0.25, 0.3) is 0 Å². The lowest BCUT2D eigenvalue weighted by molar-refractivity contribution is -0.0711. The number of rotatable bonds is 3. The fourth-order valence-corrected chi connectivity index (χ4v) is 3.78. The van der Waals surface area contributed by atoms with E-state index in [0.717, 1.165) is 13.2 Å². The van der Waals surface area contributed by atoms with Gasteiger partial charge in [-0.25, -0.2) is 0 Å². The molecule has 0 spiro atoms. The van der Waals surface area contributed by atoms with Crippen molar-refractivity contribution in [3.05, 3.63) is 34.9 Å². The summed E-state index contributed by atoms with van der Waals surface area (Å²) < 4.78 is 5.92. The fourth-order valence-electron chi connectivity index (χ4n) is 3.78. The SMILES string of the molecule is Cc1ccc(C(CN)N2CCOC3CCCC32)cc1C. The highest BCUT2D eigenvalue weighted by molar-refractivity contribution is 5.32. The van der Waals surface area contributed by atoms with Crippen molar-refractivity contribution in [2.45, 2.75) is 51.3 Å². The first-order valence-corrected chi connectivity index (χ1v) is 7.85. The van der Waals surface area contributed by atoms with E-state index in [4.69, 9.17) is 10.5 Å². The van der Waals surface area contributed by atoms with Crippen molar-refractivity contribution in [3.8, 4) is 0 Å². The van der Waals surface area contributed by atoms with Gasteiger partial charge in [0, 0.05) is 25.2 Å². The number of nitrogens with two attached hydrogens (primary N) is 1. The molecule has 3 unspecified atom stereocenters. The van der Waals surface area contributed by atoms with Crippen molar-refractivity contribution in [2.75, 3.05) is 19.7 Å². The predicted octanol–water partition coefficient (Wildman–Crippen LogP) is 2.56. The number of fused-ring (bicyclic) bond motifs is 1. The second-order valence-electron chi connectivity index (χ2n) is 6.24. The third-order valence-corrected chi connectivity index (χ3v) is 5.06. The van der Waals surface area contributed by atoms with E-state index in [-0.39, 0.29) is 0 Å². The maximum absolute atomic E-state index is 6.12. The summed E-state index contributed by atoms with van der Waals surface area (Å²) in [4.78, 5) is 2.60. The first kappa shape index (κ1) is 14.1. The zero-order valence-corrected chi connectivity index (χ0v) is 12.6. The normalized spacial score (nSPS) is 28.4. The van der Waals surface area contributed by atoms with E-state index in [1.54, 1.807) is 0 Å². The number of hydrogen-bond donors (Lipinski definition) is 1. The summed E-state index contributed by atoms with van der Waals surface area (Å²) in [6.07, 6.45) is 4.19. The van der Waals surface area contributed by atoms with Crippen molar-refractivity contribution in [3.63, 3.8) is 0 Å². The Morgan fingerprint density at radius 2 is 2.15 bits per heavy atom. The second kappa shape index (κ2) is 5.84. The molecule has 1 heterocycles. The van der Waals surface area contributed by atoms with Gasteiger partial charge in [-0.05, 0) is 49.8 Å². The molecule has 2 fully saturated rings. The largest absolute Gasteiger partial charge is 0.375 e. The molecule has 110 valence electrons. The van der Waals surface area contributed by atoms with Crippen molar-refractivity contribution < 1.29 is 4.74 Å². The molecule has 0 aromatic heterocycles. The maximum Gasteiger partial charge on any atom is 0.0731 e. The molecule has 3 atom stereocenters. The van der Waals surface area contributed by atoms with Gasteiger partial charge >= 0.3 is 0 Å². The lowest BCUT2D eigenvalue weighted by Crippen LogP contribution is -2.51. The van der Waals surface area contributed by atoms with E-state index >= 15 is 0 Å². The highest BCUT2D eigenvalue weighted by atomic mass is 16.5. The van der Waals surface area contributed by atoms with Crippen molar-refractivity contribution in [2.24, 2.45) is 5.73 Å². The van der Waals surface area contributed by atoms with Gasteiger partial charge in [-0.3, -0.25) is 4.90 Å². The van der Waals surface area contributed by atoms with Crippen LogP contribution in [0.15, 0.2) is 18.2 Å². The van der Waals surface area contributed by atoms with E-state index in [0.29, 0.717) is 24.7 Å². The van der Waals surface area contributed by atoms with Crippen LogP contribution in [0.1, 0.15) is 42.0 Å². The van der Waals surface area contributed by atoms with E-state index < -0.39 is 0 Å². The Morgan fingerprint density at radius 3 is 2.90 bits per heavy atom. The van der Waals surface area contributed by atoms with Crippen molar-refractivity contribution in [1.82, 2.24) is 4.90 Å². The van der Waals surface area contributed by atoms with Crippen LogP contribution < -0.4 is 5.73 Å². The summed E-state index contributed by atoms with van der Waals surface area (Å²) in [5.74, 6) is 0. The standard InChI is InChI=1S/C17H26N2O/c1-12-6-7-14(10-13(12)2)16(11-18)19-8-9-20-17-5-3-4-15(17)19/h6-7,10,15-17H,3-5,8-9,11,18H2,1-2H3. The Balaban J connectivity index is 1.86. The average Bonchev–Trinajstić information content (AvgIpc) is 2.93. The number of morpholine rings is 1. The number of ether oxygens (including phenoxy) is 1. The van der Waals surface area contributed by atoms with Crippen LogP contribution in [0.5, 0.6) is 0 Å². The number of hydrogen-bond acceptors (Lipinski definition) is 3. The fraction of sp³-hybridized carbons (Fsp3) is 0.647. The number of benzene rings is 1. The molecule has 20 heavy (non-hydrogen) atoms. The van der Waals surface area contributed by atoms with Gasteiger partial charge in [-0.1, -0.05) is 18.2 Å². The van der Waals surface area contributed by atoms with Crippen molar-refractivity contribution in [1.29, 1.82) is 0 Å². The molecule has 3 rings (SSSR count).